The first kappa shape index (κ1) is 19.4. The van der Waals surface area contributed by atoms with Crippen molar-refractivity contribution in [2.45, 2.75) is 46.0 Å². The van der Waals surface area contributed by atoms with Crippen LogP contribution < -0.4 is 15.8 Å². The van der Waals surface area contributed by atoms with Crippen LogP contribution >= 0.6 is 0 Å². The molecule has 1 aromatic carbocycles. The van der Waals surface area contributed by atoms with E-state index in [1.807, 2.05) is 0 Å². The van der Waals surface area contributed by atoms with Gasteiger partial charge in [-0.15, -0.1) is 0 Å². The summed E-state index contributed by atoms with van der Waals surface area (Å²) in [5.74, 6) is -0.00577. The average Bonchev–Trinajstić information content (AvgIpc) is 2.50. The molecule has 0 aliphatic heterocycles. The highest BCUT2D eigenvalue weighted by molar-refractivity contribution is 7.92. The third-order valence-electron chi connectivity index (χ3n) is 3.51. The van der Waals surface area contributed by atoms with E-state index in [1.54, 1.807) is 32.0 Å². The van der Waals surface area contributed by atoms with E-state index in [9.17, 15) is 13.2 Å². The lowest BCUT2D eigenvalue weighted by atomic mass is 10.1. The van der Waals surface area contributed by atoms with Crippen LogP contribution in [0.1, 0.15) is 44.6 Å². The van der Waals surface area contributed by atoms with E-state index in [4.69, 9.17) is 5.73 Å². The molecule has 0 radical (unpaired) electrons. The van der Waals surface area contributed by atoms with E-state index in [0.29, 0.717) is 24.3 Å². The molecular formula is C16H27N3O3S. The van der Waals surface area contributed by atoms with E-state index in [-0.39, 0.29) is 11.7 Å². The van der Waals surface area contributed by atoms with Crippen molar-refractivity contribution in [1.29, 1.82) is 0 Å². The predicted molar refractivity (Wildman–Crippen MR) is 95.0 cm³/mol. The highest BCUT2D eigenvalue weighted by Crippen LogP contribution is 2.21. The first-order chi connectivity index (χ1) is 10.9. The van der Waals surface area contributed by atoms with E-state index in [2.05, 4.69) is 10.0 Å². The van der Waals surface area contributed by atoms with E-state index >= 15 is 0 Å². The van der Waals surface area contributed by atoms with Crippen molar-refractivity contribution in [2.75, 3.05) is 22.3 Å². The van der Waals surface area contributed by atoms with Gasteiger partial charge in [-0.2, -0.15) is 0 Å². The maximum atomic E-state index is 11.9. The summed E-state index contributed by atoms with van der Waals surface area (Å²) in [6.07, 6.45) is 4.37. The van der Waals surface area contributed by atoms with Crippen LogP contribution in [0.25, 0.3) is 0 Å². The molecule has 1 aromatic rings. The fourth-order valence-corrected chi connectivity index (χ4v) is 2.81. The largest absolute Gasteiger partial charge is 0.330 e. The maximum Gasteiger partial charge on any atom is 0.232 e. The number of sulfonamides is 1. The van der Waals surface area contributed by atoms with Gasteiger partial charge in [0.05, 0.1) is 11.4 Å². The van der Waals surface area contributed by atoms with Gasteiger partial charge in [0.25, 0.3) is 0 Å². The van der Waals surface area contributed by atoms with Gasteiger partial charge in [0.1, 0.15) is 0 Å². The Morgan fingerprint density at radius 2 is 1.87 bits per heavy atom. The Morgan fingerprint density at radius 3 is 2.48 bits per heavy atom. The summed E-state index contributed by atoms with van der Waals surface area (Å²) in [4.78, 5) is 11.9. The first-order valence-corrected chi connectivity index (χ1v) is 9.64. The molecule has 0 aliphatic rings. The number of hydrogen-bond acceptors (Lipinski definition) is 4. The molecule has 0 saturated heterocycles. The Balaban J connectivity index is 2.52. The number of carbonyl (C=O) groups excluding carboxylic acids is 1. The number of nitrogens with two attached hydrogens (primary N) is 1. The molecule has 0 bridgehead atoms. The van der Waals surface area contributed by atoms with Gasteiger partial charge in [0.15, 0.2) is 0 Å². The molecule has 6 nitrogen and oxygen atoms in total. The van der Waals surface area contributed by atoms with Crippen molar-refractivity contribution in [3.63, 3.8) is 0 Å². The van der Waals surface area contributed by atoms with Crippen molar-refractivity contribution in [3.05, 3.63) is 23.8 Å². The lowest BCUT2D eigenvalue weighted by Crippen LogP contribution is -2.16. The van der Waals surface area contributed by atoms with Crippen LogP contribution in [0.3, 0.4) is 0 Å². The molecule has 23 heavy (non-hydrogen) atoms. The highest BCUT2D eigenvalue weighted by atomic mass is 32.2. The summed E-state index contributed by atoms with van der Waals surface area (Å²) in [5.41, 5.74) is 7.40. The number of nitrogens with one attached hydrogen (secondary N) is 2. The Kier molecular flexibility index (Phi) is 8.05. The van der Waals surface area contributed by atoms with Crippen molar-refractivity contribution in [3.8, 4) is 0 Å². The molecule has 0 aliphatic carbocycles. The van der Waals surface area contributed by atoms with Crippen LogP contribution in [0, 0.1) is 6.92 Å². The molecule has 130 valence electrons. The summed E-state index contributed by atoms with van der Waals surface area (Å²) < 4.78 is 25.7. The van der Waals surface area contributed by atoms with Gasteiger partial charge in [0.2, 0.25) is 15.9 Å². The third kappa shape index (κ3) is 7.47. The molecule has 0 unspecified atom stereocenters. The molecule has 4 N–H and O–H groups in total. The molecule has 0 heterocycles. The van der Waals surface area contributed by atoms with Crippen molar-refractivity contribution in [2.24, 2.45) is 5.73 Å². The quantitative estimate of drug-likeness (QED) is 0.569. The second kappa shape index (κ2) is 9.52. The molecule has 1 amide bonds. The summed E-state index contributed by atoms with van der Waals surface area (Å²) in [6.45, 7) is 4.08. The number of rotatable bonds is 10. The van der Waals surface area contributed by atoms with Gasteiger partial charge in [-0.05, 0) is 57.0 Å². The number of anilines is 2. The second-order valence-corrected chi connectivity index (χ2v) is 7.55. The smallest absolute Gasteiger partial charge is 0.232 e. The highest BCUT2D eigenvalue weighted by Gasteiger charge is 2.10. The van der Waals surface area contributed by atoms with Crippen LogP contribution in [-0.2, 0) is 14.8 Å². The maximum absolute atomic E-state index is 11.9. The monoisotopic (exact) mass is 341 g/mol. The Labute approximate surface area is 138 Å². The fraction of sp³-hybridized carbons (Fsp3) is 0.562. The number of carbonyl (C=O) groups is 1. The minimum atomic E-state index is -3.30. The van der Waals surface area contributed by atoms with E-state index in [1.165, 1.54) is 0 Å². The topological polar surface area (TPSA) is 101 Å². The predicted octanol–water partition coefficient (Wildman–Crippen LogP) is 2.60. The standard InChI is InChI=1S/C16H27N3O3S/c1-3-23(21,22)19-15-10-9-14(12-13(15)2)18-16(20)8-6-4-5-7-11-17/h9-10,12,19H,3-8,11,17H2,1-2H3,(H,18,20). The molecule has 0 spiro atoms. The zero-order valence-electron chi connectivity index (χ0n) is 13.9. The van der Waals surface area contributed by atoms with E-state index in [0.717, 1.165) is 31.2 Å². The van der Waals surface area contributed by atoms with Gasteiger partial charge in [-0.3, -0.25) is 9.52 Å². The number of aryl methyl sites for hydroxylation is 1. The van der Waals surface area contributed by atoms with Gasteiger partial charge in [0, 0.05) is 12.1 Å². The number of unbranched alkanes of at least 4 members (excludes halogenated alkanes) is 3. The summed E-state index contributed by atoms with van der Waals surface area (Å²) in [7, 11) is -3.30. The Hall–Kier alpha value is -1.60. The number of benzene rings is 1. The van der Waals surface area contributed by atoms with Crippen LogP contribution in [0.5, 0.6) is 0 Å². The van der Waals surface area contributed by atoms with Crippen LogP contribution in [0.15, 0.2) is 18.2 Å². The molecule has 7 heteroatoms. The van der Waals surface area contributed by atoms with Crippen LogP contribution in [0.2, 0.25) is 0 Å². The minimum Gasteiger partial charge on any atom is -0.330 e. The van der Waals surface area contributed by atoms with Crippen molar-refractivity contribution >= 4 is 27.3 Å². The Morgan fingerprint density at radius 1 is 1.17 bits per heavy atom. The van der Waals surface area contributed by atoms with Crippen molar-refractivity contribution < 1.29 is 13.2 Å². The molecule has 0 atom stereocenters. The summed E-state index contributed by atoms with van der Waals surface area (Å²) in [6, 6.07) is 5.13. The van der Waals surface area contributed by atoms with Crippen LogP contribution in [-0.4, -0.2) is 26.6 Å². The fourth-order valence-electron chi connectivity index (χ4n) is 2.10. The molecule has 0 fully saturated rings. The van der Waals surface area contributed by atoms with Gasteiger partial charge in [-0.1, -0.05) is 12.8 Å². The first-order valence-electron chi connectivity index (χ1n) is 7.99. The normalized spacial score (nSPS) is 11.3. The minimum absolute atomic E-state index is 0.0229. The number of hydrogen-bond donors (Lipinski definition) is 3. The van der Waals surface area contributed by atoms with Gasteiger partial charge < -0.3 is 11.1 Å². The van der Waals surface area contributed by atoms with Crippen molar-refractivity contribution in [1.82, 2.24) is 0 Å². The molecule has 0 saturated carbocycles. The zero-order chi connectivity index (χ0) is 17.3. The molecular weight excluding hydrogens is 314 g/mol. The second-order valence-electron chi connectivity index (χ2n) is 5.54. The number of amides is 1. The molecule has 0 aromatic heterocycles. The van der Waals surface area contributed by atoms with E-state index < -0.39 is 10.0 Å². The Bertz CT molecular complexity index is 615. The average molecular weight is 341 g/mol. The molecule has 1 rings (SSSR count). The summed E-state index contributed by atoms with van der Waals surface area (Å²) in [5, 5.41) is 2.84. The SMILES string of the molecule is CCS(=O)(=O)Nc1ccc(NC(=O)CCCCCCN)cc1C. The lowest BCUT2D eigenvalue weighted by molar-refractivity contribution is -0.116. The van der Waals surface area contributed by atoms with Gasteiger partial charge in [-0.25, -0.2) is 8.42 Å². The van der Waals surface area contributed by atoms with Gasteiger partial charge >= 0.3 is 0 Å². The summed E-state index contributed by atoms with van der Waals surface area (Å²) >= 11 is 0. The zero-order valence-corrected chi connectivity index (χ0v) is 14.7. The van der Waals surface area contributed by atoms with Crippen LogP contribution in [0.4, 0.5) is 11.4 Å². The lowest BCUT2D eigenvalue weighted by Gasteiger charge is -2.11. The third-order valence-corrected chi connectivity index (χ3v) is 4.80.